The third-order valence-corrected chi connectivity index (χ3v) is 4.94. The molecule has 1 aliphatic rings. The van der Waals surface area contributed by atoms with E-state index in [2.05, 4.69) is 10.6 Å². The fraction of sp³-hybridized carbons (Fsp3) is 0.647. The van der Waals surface area contributed by atoms with E-state index >= 15 is 0 Å². The first-order chi connectivity index (χ1) is 10.7. The summed E-state index contributed by atoms with van der Waals surface area (Å²) >= 11 is 1.48. The van der Waals surface area contributed by atoms with Crippen molar-refractivity contribution in [2.24, 2.45) is 5.92 Å². The Morgan fingerprint density at radius 3 is 2.48 bits per heavy atom. The first-order valence-corrected chi connectivity index (χ1v) is 9.03. The molecular weight excluding hydrogens is 310 g/mol. The lowest BCUT2D eigenvalue weighted by Crippen LogP contribution is -2.51. The van der Waals surface area contributed by atoms with Gasteiger partial charge in [-0.2, -0.15) is 0 Å². The van der Waals surface area contributed by atoms with Gasteiger partial charge in [-0.05, 0) is 63.5 Å². The SMILES string of the molecule is Cc1csc(C(=O)NCC2CCN(C(=O)NC(C)(C)C)CC2)c1. The Hall–Kier alpha value is -1.56. The minimum absolute atomic E-state index is 0.00838. The number of nitrogens with one attached hydrogen (secondary N) is 2. The summed E-state index contributed by atoms with van der Waals surface area (Å²) in [6, 6.07) is 1.92. The maximum atomic E-state index is 12.1. The molecule has 6 heteroatoms. The van der Waals surface area contributed by atoms with Gasteiger partial charge in [0.15, 0.2) is 0 Å². The molecule has 5 nitrogen and oxygen atoms in total. The molecule has 0 spiro atoms. The predicted molar refractivity (Wildman–Crippen MR) is 94.0 cm³/mol. The second-order valence-corrected chi connectivity index (χ2v) is 8.22. The van der Waals surface area contributed by atoms with Crippen LogP contribution in [-0.4, -0.2) is 42.0 Å². The Balaban J connectivity index is 1.72. The van der Waals surface area contributed by atoms with E-state index in [1.165, 1.54) is 11.3 Å². The molecule has 2 N–H and O–H groups in total. The average molecular weight is 337 g/mol. The topological polar surface area (TPSA) is 61.4 Å². The van der Waals surface area contributed by atoms with Crippen molar-refractivity contribution in [1.29, 1.82) is 0 Å². The summed E-state index contributed by atoms with van der Waals surface area (Å²) < 4.78 is 0. The van der Waals surface area contributed by atoms with E-state index in [-0.39, 0.29) is 17.5 Å². The Morgan fingerprint density at radius 1 is 1.30 bits per heavy atom. The van der Waals surface area contributed by atoms with Crippen LogP contribution in [0, 0.1) is 12.8 Å². The summed E-state index contributed by atoms with van der Waals surface area (Å²) in [5.74, 6) is 0.453. The summed E-state index contributed by atoms with van der Waals surface area (Å²) in [5, 5.41) is 8.00. The second-order valence-electron chi connectivity index (χ2n) is 7.31. The normalized spacial score (nSPS) is 16.3. The van der Waals surface area contributed by atoms with E-state index in [9.17, 15) is 9.59 Å². The summed E-state index contributed by atoms with van der Waals surface area (Å²) in [6.07, 6.45) is 1.86. The van der Waals surface area contributed by atoms with E-state index in [0.717, 1.165) is 36.4 Å². The molecule has 0 unspecified atom stereocenters. The highest BCUT2D eigenvalue weighted by Gasteiger charge is 2.25. The zero-order valence-electron chi connectivity index (χ0n) is 14.4. The third kappa shape index (κ3) is 5.53. The zero-order chi connectivity index (χ0) is 17.0. The van der Waals surface area contributed by atoms with Crippen LogP contribution < -0.4 is 10.6 Å². The standard InChI is InChI=1S/C17H27N3O2S/c1-12-9-14(23-11-12)15(21)18-10-13-5-7-20(8-6-13)16(22)19-17(2,3)4/h9,11,13H,5-8,10H2,1-4H3,(H,18,21)(H,19,22). The first-order valence-electron chi connectivity index (χ1n) is 8.15. The van der Waals surface area contributed by atoms with Crippen molar-refractivity contribution >= 4 is 23.3 Å². The van der Waals surface area contributed by atoms with Crippen LogP contribution >= 0.6 is 11.3 Å². The van der Waals surface area contributed by atoms with Crippen molar-refractivity contribution in [2.45, 2.75) is 46.1 Å². The van der Waals surface area contributed by atoms with Gasteiger partial charge in [-0.1, -0.05) is 0 Å². The van der Waals surface area contributed by atoms with Gasteiger partial charge >= 0.3 is 6.03 Å². The van der Waals surface area contributed by atoms with Crippen LogP contribution in [0.4, 0.5) is 4.79 Å². The van der Waals surface area contributed by atoms with Crippen LogP contribution in [0.2, 0.25) is 0 Å². The number of piperidine rings is 1. The number of carbonyl (C=O) groups excluding carboxylic acids is 2. The van der Waals surface area contributed by atoms with E-state index in [4.69, 9.17) is 0 Å². The number of hydrogen-bond acceptors (Lipinski definition) is 3. The maximum absolute atomic E-state index is 12.1. The van der Waals surface area contributed by atoms with Crippen LogP contribution in [-0.2, 0) is 0 Å². The van der Waals surface area contributed by atoms with Gasteiger partial charge in [0, 0.05) is 25.2 Å². The van der Waals surface area contributed by atoms with Crippen LogP contribution in [0.3, 0.4) is 0 Å². The highest BCUT2D eigenvalue weighted by atomic mass is 32.1. The fourth-order valence-corrected chi connectivity index (χ4v) is 3.43. The Bertz CT molecular complexity index is 554. The van der Waals surface area contributed by atoms with E-state index < -0.39 is 0 Å². The summed E-state index contributed by atoms with van der Waals surface area (Å²) in [7, 11) is 0. The summed E-state index contributed by atoms with van der Waals surface area (Å²) in [5.41, 5.74) is 0.916. The molecule has 1 saturated heterocycles. The van der Waals surface area contributed by atoms with Gasteiger partial charge in [-0.3, -0.25) is 4.79 Å². The number of aryl methyl sites for hydroxylation is 1. The largest absolute Gasteiger partial charge is 0.351 e. The molecule has 0 saturated carbocycles. The number of carbonyl (C=O) groups is 2. The van der Waals surface area contributed by atoms with Gasteiger partial charge in [0.1, 0.15) is 0 Å². The molecule has 1 fully saturated rings. The molecule has 0 radical (unpaired) electrons. The average Bonchev–Trinajstić information content (AvgIpc) is 2.90. The van der Waals surface area contributed by atoms with E-state index in [0.29, 0.717) is 12.5 Å². The predicted octanol–water partition coefficient (Wildman–Crippen LogP) is 3.01. The fourth-order valence-electron chi connectivity index (χ4n) is 2.61. The molecule has 0 aliphatic carbocycles. The van der Waals surface area contributed by atoms with Crippen molar-refractivity contribution in [3.05, 3.63) is 21.9 Å². The first kappa shape index (κ1) is 17.8. The molecule has 2 heterocycles. The lowest BCUT2D eigenvalue weighted by atomic mass is 9.97. The number of urea groups is 1. The molecule has 128 valence electrons. The quantitative estimate of drug-likeness (QED) is 0.891. The molecule has 1 aromatic rings. The van der Waals surface area contributed by atoms with Gasteiger partial charge in [0.05, 0.1) is 4.88 Å². The number of likely N-dealkylation sites (tertiary alicyclic amines) is 1. The molecule has 2 rings (SSSR count). The number of nitrogens with zero attached hydrogens (tertiary/aromatic N) is 1. The van der Waals surface area contributed by atoms with Gasteiger partial charge in [-0.25, -0.2) is 4.79 Å². The van der Waals surface area contributed by atoms with Crippen molar-refractivity contribution < 1.29 is 9.59 Å². The Kier molecular flexibility index (Phi) is 5.68. The lowest BCUT2D eigenvalue weighted by molar-refractivity contribution is 0.0941. The highest BCUT2D eigenvalue weighted by molar-refractivity contribution is 7.12. The number of rotatable bonds is 3. The molecule has 0 atom stereocenters. The third-order valence-electron chi connectivity index (χ3n) is 3.89. The molecular formula is C17H27N3O2S. The summed E-state index contributed by atoms with van der Waals surface area (Å²) in [4.78, 5) is 26.8. The number of hydrogen-bond donors (Lipinski definition) is 2. The van der Waals surface area contributed by atoms with Crippen molar-refractivity contribution in [3.63, 3.8) is 0 Å². The van der Waals surface area contributed by atoms with Gasteiger partial charge in [0.25, 0.3) is 5.91 Å². The second kappa shape index (κ2) is 7.34. The van der Waals surface area contributed by atoms with Crippen molar-refractivity contribution in [2.75, 3.05) is 19.6 Å². The highest BCUT2D eigenvalue weighted by Crippen LogP contribution is 2.18. The Morgan fingerprint density at radius 2 is 1.96 bits per heavy atom. The molecule has 23 heavy (non-hydrogen) atoms. The van der Waals surface area contributed by atoms with E-state index in [1.54, 1.807) is 0 Å². The summed E-state index contributed by atoms with van der Waals surface area (Å²) in [6.45, 7) is 10.1. The minimum Gasteiger partial charge on any atom is -0.351 e. The van der Waals surface area contributed by atoms with Crippen molar-refractivity contribution in [3.8, 4) is 0 Å². The number of amides is 3. The van der Waals surface area contributed by atoms with Gasteiger partial charge in [-0.15, -0.1) is 11.3 Å². The van der Waals surface area contributed by atoms with E-state index in [1.807, 2.05) is 44.0 Å². The van der Waals surface area contributed by atoms with Gasteiger partial charge in [0.2, 0.25) is 0 Å². The zero-order valence-corrected chi connectivity index (χ0v) is 15.3. The van der Waals surface area contributed by atoms with Crippen LogP contribution in [0.15, 0.2) is 11.4 Å². The molecule has 1 aliphatic heterocycles. The number of thiophene rings is 1. The van der Waals surface area contributed by atoms with Crippen LogP contribution in [0.1, 0.15) is 48.8 Å². The van der Waals surface area contributed by atoms with Gasteiger partial charge < -0.3 is 15.5 Å². The minimum atomic E-state index is -0.208. The monoisotopic (exact) mass is 337 g/mol. The molecule has 0 aromatic carbocycles. The smallest absolute Gasteiger partial charge is 0.317 e. The Labute approximate surface area is 142 Å². The maximum Gasteiger partial charge on any atom is 0.317 e. The molecule has 1 aromatic heterocycles. The van der Waals surface area contributed by atoms with Crippen LogP contribution in [0.5, 0.6) is 0 Å². The lowest BCUT2D eigenvalue weighted by Gasteiger charge is -2.34. The molecule has 3 amide bonds. The van der Waals surface area contributed by atoms with Crippen LogP contribution in [0.25, 0.3) is 0 Å². The molecule has 0 bridgehead atoms. The van der Waals surface area contributed by atoms with Crippen molar-refractivity contribution in [1.82, 2.24) is 15.5 Å².